The molecule has 0 atom stereocenters. The molecular formula is C17H27O6P. The number of aryl methyl sites for hydroxylation is 1. The molecule has 136 valence electrons. The van der Waals surface area contributed by atoms with Crippen molar-refractivity contribution in [3.63, 3.8) is 0 Å². The van der Waals surface area contributed by atoms with Gasteiger partial charge in [-0.15, -0.1) is 0 Å². The molecule has 0 fully saturated rings. The quantitative estimate of drug-likeness (QED) is 0.392. The highest BCUT2D eigenvalue weighted by molar-refractivity contribution is 7.48. The van der Waals surface area contributed by atoms with Crippen molar-refractivity contribution in [1.82, 2.24) is 0 Å². The van der Waals surface area contributed by atoms with E-state index in [1.54, 1.807) is 59.7 Å². The average molecular weight is 358 g/mol. The van der Waals surface area contributed by atoms with E-state index in [0.29, 0.717) is 11.3 Å². The predicted octanol–water partition coefficient (Wildman–Crippen LogP) is 4.90. The molecular weight excluding hydrogens is 331 g/mol. The maximum atomic E-state index is 12.8. The van der Waals surface area contributed by atoms with E-state index in [2.05, 4.69) is 0 Å². The number of carbonyl (C=O) groups excluding carboxylic acids is 1. The number of carbonyl (C=O) groups is 1. The second-order valence-electron chi connectivity index (χ2n) is 7.39. The number of ether oxygens (including phenoxy) is 1. The highest BCUT2D eigenvalue weighted by Crippen LogP contribution is 2.55. The first-order chi connectivity index (χ1) is 10.8. The molecule has 1 aromatic rings. The Labute approximate surface area is 144 Å². The Hall–Kier alpha value is -1.20. The van der Waals surface area contributed by atoms with Crippen LogP contribution in [0.4, 0.5) is 0 Å². The van der Waals surface area contributed by atoms with Crippen molar-refractivity contribution >= 4 is 14.1 Å². The lowest BCUT2D eigenvalue weighted by Gasteiger charge is -2.30. The second kappa shape index (κ2) is 7.79. The Bertz CT molecular complexity index is 592. The largest absolute Gasteiger partial charge is 0.478 e. The molecule has 0 aliphatic heterocycles. The van der Waals surface area contributed by atoms with Gasteiger partial charge in [-0.25, -0.2) is 9.09 Å². The molecule has 24 heavy (non-hydrogen) atoms. The van der Waals surface area contributed by atoms with Gasteiger partial charge in [0, 0.05) is 5.56 Å². The van der Waals surface area contributed by atoms with Crippen molar-refractivity contribution in [2.45, 2.75) is 59.7 Å². The van der Waals surface area contributed by atoms with Crippen LogP contribution >= 0.6 is 7.82 Å². The van der Waals surface area contributed by atoms with Crippen LogP contribution in [0.2, 0.25) is 0 Å². The first-order valence-corrected chi connectivity index (χ1v) is 9.14. The molecule has 1 rings (SSSR count). The van der Waals surface area contributed by atoms with Gasteiger partial charge in [0.15, 0.2) is 6.79 Å². The van der Waals surface area contributed by atoms with Crippen LogP contribution in [-0.2, 0) is 18.1 Å². The third kappa shape index (κ3) is 7.58. The summed E-state index contributed by atoms with van der Waals surface area (Å²) in [6.07, 6.45) is 0.726. The molecule has 0 amide bonds. The standard InChI is InChI=1S/C17H27O6P/c1-13-8-9-14(11-18)10-15(13)20-12-21-24(19,22-16(2,3)4)23-17(5,6)7/h8-11H,12H2,1-7H3. The van der Waals surface area contributed by atoms with Crippen LogP contribution in [0.1, 0.15) is 57.5 Å². The molecule has 1 aromatic carbocycles. The van der Waals surface area contributed by atoms with E-state index < -0.39 is 19.0 Å². The molecule has 0 aromatic heterocycles. The van der Waals surface area contributed by atoms with Crippen molar-refractivity contribution in [1.29, 1.82) is 0 Å². The minimum atomic E-state index is -3.83. The van der Waals surface area contributed by atoms with Crippen LogP contribution in [-0.4, -0.2) is 24.3 Å². The Kier molecular flexibility index (Phi) is 6.76. The maximum Gasteiger partial charge on any atom is 0.478 e. The number of phosphoric ester groups is 1. The molecule has 0 spiro atoms. The number of benzene rings is 1. The number of hydrogen-bond acceptors (Lipinski definition) is 6. The van der Waals surface area contributed by atoms with Crippen molar-refractivity contribution in [3.8, 4) is 5.75 Å². The fraction of sp³-hybridized carbons (Fsp3) is 0.588. The van der Waals surface area contributed by atoms with Crippen LogP contribution in [0, 0.1) is 6.92 Å². The van der Waals surface area contributed by atoms with Gasteiger partial charge in [0.05, 0.1) is 11.2 Å². The predicted molar refractivity (Wildman–Crippen MR) is 92.4 cm³/mol. The summed E-state index contributed by atoms with van der Waals surface area (Å²) in [5.74, 6) is 0.470. The number of hydrogen-bond donors (Lipinski definition) is 0. The van der Waals surface area contributed by atoms with Gasteiger partial charge in [0.2, 0.25) is 0 Å². The first-order valence-electron chi connectivity index (χ1n) is 7.68. The van der Waals surface area contributed by atoms with Crippen LogP contribution in [0.5, 0.6) is 5.75 Å². The van der Waals surface area contributed by atoms with Crippen LogP contribution < -0.4 is 4.74 Å². The molecule has 0 heterocycles. The molecule has 6 nitrogen and oxygen atoms in total. The van der Waals surface area contributed by atoms with Crippen LogP contribution in [0.25, 0.3) is 0 Å². The SMILES string of the molecule is Cc1ccc(C=O)cc1OCOP(=O)(OC(C)(C)C)OC(C)(C)C. The first kappa shape index (κ1) is 20.8. The monoisotopic (exact) mass is 358 g/mol. The molecule has 0 aliphatic carbocycles. The van der Waals surface area contributed by atoms with E-state index in [9.17, 15) is 9.36 Å². The van der Waals surface area contributed by atoms with Gasteiger partial charge < -0.3 is 4.74 Å². The highest BCUT2D eigenvalue weighted by atomic mass is 31.2. The molecule has 0 unspecified atom stereocenters. The van der Waals surface area contributed by atoms with Gasteiger partial charge >= 0.3 is 7.82 Å². The fourth-order valence-electron chi connectivity index (χ4n) is 1.74. The Morgan fingerprint density at radius 2 is 1.58 bits per heavy atom. The minimum absolute atomic E-state index is 0.327. The van der Waals surface area contributed by atoms with Gasteiger partial charge in [-0.1, -0.05) is 12.1 Å². The smallest absolute Gasteiger partial charge is 0.467 e. The third-order valence-electron chi connectivity index (χ3n) is 2.54. The second-order valence-corrected chi connectivity index (χ2v) is 8.91. The van der Waals surface area contributed by atoms with E-state index >= 15 is 0 Å². The number of aldehydes is 1. The van der Waals surface area contributed by atoms with E-state index in [1.807, 2.05) is 6.92 Å². The van der Waals surface area contributed by atoms with Crippen LogP contribution in [0.3, 0.4) is 0 Å². The van der Waals surface area contributed by atoms with Crippen molar-refractivity contribution < 1.29 is 27.7 Å². The van der Waals surface area contributed by atoms with E-state index in [0.717, 1.165) is 11.8 Å². The Morgan fingerprint density at radius 1 is 1.04 bits per heavy atom. The van der Waals surface area contributed by atoms with E-state index in [1.165, 1.54) is 0 Å². The molecule has 7 heteroatoms. The van der Waals surface area contributed by atoms with Crippen molar-refractivity contribution in [2.75, 3.05) is 6.79 Å². The van der Waals surface area contributed by atoms with Gasteiger partial charge in [-0.3, -0.25) is 13.8 Å². The highest BCUT2D eigenvalue weighted by Gasteiger charge is 2.37. The van der Waals surface area contributed by atoms with Gasteiger partial charge in [0.25, 0.3) is 0 Å². The summed E-state index contributed by atoms with van der Waals surface area (Å²) in [5.41, 5.74) is -0.120. The summed E-state index contributed by atoms with van der Waals surface area (Å²) in [4.78, 5) is 10.8. The summed E-state index contributed by atoms with van der Waals surface area (Å²) in [6.45, 7) is 12.1. The Balaban J connectivity index is 2.82. The molecule has 0 saturated carbocycles. The molecule has 0 aliphatic rings. The summed E-state index contributed by atoms with van der Waals surface area (Å²) in [6, 6.07) is 5.04. The summed E-state index contributed by atoms with van der Waals surface area (Å²) < 4.78 is 34.6. The zero-order chi connectivity index (χ0) is 18.6. The van der Waals surface area contributed by atoms with Gasteiger partial charge in [-0.05, 0) is 60.1 Å². The minimum Gasteiger partial charge on any atom is -0.467 e. The Morgan fingerprint density at radius 3 is 2.04 bits per heavy atom. The fourth-order valence-corrected chi connectivity index (χ4v) is 3.41. The van der Waals surface area contributed by atoms with Crippen molar-refractivity contribution in [2.24, 2.45) is 0 Å². The van der Waals surface area contributed by atoms with Gasteiger partial charge in [0.1, 0.15) is 12.0 Å². The molecule has 0 saturated heterocycles. The summed E-state index contributed by atoms with van der Waals surface area (Å²) >= 11 is 0. The molecule has 0 N–H and O–H groups in total. The lowest BCUT2D eigenvalue weighted by Crippen LogP contribution is -2.25. The zero-order valence-corrected chi connectivity index (χ0v) is 16.3. The van der Waals surface area contributed by atoms with Crippen LogP contribution in [0.15, 0.2) is 18.2 Å². The summed E-state index contributed by atoms with van der Waals surface area (Å²) in [5, 5.41) is 0. The van der Waals surface area contributed by atoms with Gasteiger partial charge in [-0.2, -0.15) is 0 Å². The van der Waals surface area contributed by atoms with E-state index in [-0.39, 0.29) is 6.79 Å². The molecule has 0 bridgehead atoms. The average Bonchev–Trinajstić information content (AvgIpc) is 2.36. The van der Waals surface area contributed by atoms with Crippen molar-refractivity contribution in [3.05, 3.63) is 29.3 Å². The zero-order valence-electron chi connectivity index (χ0n) is 15.4. The maximum absolute atomic E-state index is 12.8. The van der Waals surface area contributed by atoms with E-state index in [4.69, 9.17) is 18.3 Å². The topological polar surface area (TPSA) is 71.1 Å². The lowest BCUT2D eigenvalue weighted by molar-refractivity contribution is -0.0190. The molecule has 0 radical (unpaired) electrons. The number of phosphoric acid groups is 1. The normalized spacial score (nSPS) is 13.0. The summed E-state index contributed by atoms with van der Waals surface area (Å²) in [7, 11) is -3.83. The lowest BCUT2D eigenvalue weighted by atomic mass is 10.1. The third-order valence-corrected chi connectivity index (χ3v) is 4.51. The number of rotatable bonds is 7.